The molecule has 4 aromatic rings. The number of hydrogen-bond acceptors (Lipinski definition) is 6. The van der Waals surface area contributed by atoms with Gasteiger partial charge >= 0.3 is 6.03 Å². The van der Waals surface area contributed by atoms with E-state index in [0.717, 1.165) is 5.56 Å². The van der Waals surface area contributed by atoms with Crippen molar-refractivity contribution in [3.05, 3.63) is 96.2 Å². The molecule has 3 amide bonds. The van der Waals surface area contributed by atoms with Crippen molar-refractivity contribution in [1.29, 1.82) is 0 Å². The van der Waals surface area contributed by atoms with Gasteiger partial charge in [-0.3, -0.25) is 9.69 Å². The number of halogens is 1. The van der Waals surface area contributed by atoms with E-state index < -0.39 is 18.2 Å². The minimum absolute atomic E-state index is 0.194. The lowest BCUT2D eigenvalue weighted by molar-refractivity contribution is 0.0878. The largest absolute Gasteiger partial charge is 0.457 e. The third-order valence-corrected chi connectivity index (χ3v) is 8.31. The van der Waals surface area contributed by atoms with Crippen molar-refractivity contribution in [2.75, 3.05) is 23.3 Å². The number of nitrogens with one attached hydrogen (secondary N) is 2. The monoisotopic (exact) mass is 569 g/mol. The minimum atomic E-state index is -1.11. The van der Waals surface area contributed by atoms with Gasteiger partial charge in [0.1, 0.15) is 27.4 Å². The summed E-state index contributed by atoms with van der Waals surface area (Å²) in [6.45, 7) is 10.2. The molecule has 1 fully saturated rings. The fraction of sp³-hybridized carbons (Fsp3) is 0.194. The molecule has 10 heteroatoms. The van der Waals surface area contributed by atoms with E-state index in [2.05, 4.69) is 28.8 Å². The number of allylic oxidation sites excluding steroid dienone is 1. The lowest BCUT2D eigenvalue weighted by Gasteiger charge is -2.36. The van der Waals surface area contributed by atoms with E-state index in [4.69, 9.17) is 4.74 Å². The highest BCUT2D eigenvalue weighted by Crippen LogP contribution is 2.46. The van der Waals surface area contributed by atoms with Gasteiger partial charge in [-0.05, 0) is 55.0 Å². The SMILES string of the molecule is C=CC(=C)N1CC(F)C[C@@H](NC(=O)c2sc3nccc4c3c2NC(=O)N4c2ccc(Oc3ccccc3)cc2C)C1. The van der Waals surface area contributed by atoms with Gasteiger partial charge in [-0.25, -0.2) is 14.2 Å². The number of aromatic nitrogens is 1. The number of benzene rings is 2. The lowest BCUT2D eigenvalue weighted by atomic mass is 10.0. The number of thiophene rings is 1. The van der Waals surface area contributed by atoms with Crippen LogP contribution in [0.3, 0.4) is 0 Å². The molecule has 2 N–H and O–H groups in total. The van der Waals surface area contributed by atoms with Crippen molar-refractivity contribution in [2.45, 2.75) is 25.6 Å². The highest BCUT2D eigenvalue weighted by molar-refractivity contribution is 7.21. The van der Waals surface area contributed by atoms with Crippen molar-refractivity contribution >= 4 is 50.6 Å². The number of carbonyl (C=O) groups excluding carboxylic acids is 2. The van der Waals surface area contributed by atoms with Crippen molar-refractivity contribution < 1.29 is 18.7 Å². The van der Waals surface area contributed by atoms with Crippen LogP contribution in [0, 0.1) is 6.92 Å². The summed E-state index contributed by atoms with van der Waals surface area (Å²) in [5, 5.41) is 6.55. The zero-order valence-electron chi connectivity index (χ0n) is 22.4. The number of hydrogen-bond donors (Lipinski definition) is 2. The van der Waals surface area contributed by atoms with Crippen molar-refractivity contribution in [3.8, 4) is 11.5 Å². The second-order valence-electron chi connectivity index (χ2n) is 10.0. The summed E-state index contributed by atoms with van der Waals surface area (Å²) >= 11 is 1.19. The summed E-state index contributed by atoms with van der Waals surface area (Å²) in [4.78, 5) is 35.8. The number of ether oxygens (including phenoxy) is 1. The van der Waals surface area contributed by atoms with Gasteiger partial charge < -0.3 is 20.3 Å². The maximum atomic E-state index is 14.5. The number of rotatable bonds is 7. The lowest BCUT2D eigenvalue weighted by Crippen LogP contribution is -2.50. The summed E-state index contributed by atoms with van der Waals surface area (Å²) in [5.74, 6) is 0.983. The smallest absolute Gasteiger partial charge is 0.331 e. The molecule has 208 valence electrons. The summed E-state index contributed by atoms with van der Waals surface area (Å²) in [6, 6.07) is 15.9. The Morgan fingerprint density at radius 1 is 1.17 bits per heavy atom. The third-order valence-electron chi connectivity index (χ3n) is 7.22. The van der Waals surface area contributed by atoms with Crippen LogP contribution in [0.2, 0.25) is 0 Å². The minimum Gasteiger partial charge on any atom is -0.457 e. The molecule has 1 unspecified atom stereocenters. The highest BCUT2D eigenvalue weighted by Gasteiger charge is 2.35. The standard InChI is InChI=1S/C31H28FN5O3S/c1-4-19(3)36-16-20(32)15-21(17-36)34-29(38)28-27-26-25(12-13-33-30(26)41-28)37(31(39)35-27)24-11-10-23(14-18(24)2)40-22-8-6-5-7-9-22/h4-14,20-21H,1,3,15-17H2,2H3,(H,34,38)(H,35,39)/t20?,21-/m1/s1. The summed E-state index contributed by atoms with van der Waals surface area (Å²) in [5.41, 5.74) is 3.16. The number of piperidine rings is 1. The van der Waals surface area contributed by atoms with E-state index in [0.29, 0.717) is 55.9 Å². The first-order chi connectivity index (χ1) is 19.8. The normalized spacial score (nSPS) is 18.1. The number of nitrogens with zero attached hydrogens (tertiary/aromatic N) is 3. The van der Waals surface area contributed by atoms with Crippen molar-refractivity contribution in [3.63, 3.8) is 0 Å². The zero-order valence-corrected chi connectivity index (χ0v) is 23.2. The number of aryl methyl sites for hydroxylation is 1. The van der Waals surface area contributed by atoms with Crippen LogP contribution < -0.4 is 20.3 Å². The van der Waals surface area contributed by atoms with E-state index in [1.165, 1.54) is 11.3 Å². The molecule has 6 rings (SSSR count). The maximum Gasteiger partial charge on any atom is 0.331 e. The van der Waals surface area contributed by atoms with Crippen LogP contribution in [0.4, 0.5) is 26.2 Å². The predicted molar refractivity (Wildman–Crippen MR) is 160 cm³/mol. The van der Waals surface area contributed by atoms with Crippen molar-refractivity contribution in [2.24, 2.45) is 0 Å². The van der Waals surface area contributed by atoms with Gasteiger partial charge in [0.2, 0.25) is 0 Å². The zero-order chi connectivity index (χ0) is 28.7. The molecule has 8 nitrogen and oxygen atoms in total. The Labute approximate surface area is 240 Å². The van der Waals surface area contributed by atoms with Crippen LogP contribution in [0.5, 0.6) is 11.5 Å². The first-order valence-electron chi connectivity index (χ1n) is 13.2. The number of carbonyl (C=O) groups is 2. The Bertz CT molecular complexity index is 1690. The molecular formula is C31H28FN5O3S. The van der Waals surface area contributed by atoms with E-state index in [9.17, 15) is 14.0 Å². The fourth-order valence-corrected chi connectivity index (χ4v) is 6.33. The molecule has 2 aliphatic rings. The Kier molecular flexibility index (Phi) is 6.92. The average molecular weight is 570 g/mol. The Balaban J connectivity index is 1.29. The van der Waals surface area contributed by atoms with Gasteiger partial charge in [0, 0.05) is 37.4 Å². The third kappa shape index (κ3) is 5.02. The van der Waals surface area contributed by atoms with Gasteiger partial charge in [0.25, 0.3) is 5.91 Å². The molecule has 4 heterocycles. The molecular weight excluding hydrogens is 541 g/mol. The number of anilines is 3. The van der Waals surface area contributed by atoms with Gasteiger partial charge in [-0.15, -0.1) is 11.3 Å². The second-order valence-corrected chi connectivity index (χ2v) is 11.0. The van der Waals surface area contributed by atoms with Gasteiger partial charge in [-0.2, -0.15) is 0 Å². The molecule has 0 spiro atoms. The van der Waals surface area contributed by atoms with Gasteiger partial charge in [-0.1, -0.05) is 31.4 Å². The van der Waals surface area contributed by atoms with E-state index in [1.807, 2.05) is 55.5 Å². The topological polar surface area (TPSA) is 86.8 Å². The van der Waals surface area contributed by atoms with Gasteiger partial charge in [0.05, 0.1) is 22.4 Å². The molecule has 1 saturated heterocycles. The Hall–Kier alpha value is -4.70. The molecule has 0 saturated carbocycles. The van der Waals surface area contributed by atoms with E-state index >= 15 is 0 Å². The molecule has 41 heavy (non-hydrogen) atoms. The van der Waals surface area contributed by atoms with Gasteiger partial charge in [0.15, 0.2) is 0 Å². The van der Waals surface area contributed by atoms with Crippen LogP contribution in [0.15, 0.2) is 85.7 Å². The fourth-order valence-electron chi connectivity index (χ4n) is 5.31. The number of likely N-dealkylation sites (tertiary alicyclic amines) is 1. The van der Waals surface area contributed by atoms with Crippen LogP contribution in [0.1, 0.15) is 21.7 Å². The second kappa shape index (κ2) is 10.7. The summed E-state index contributed by atoms with van der Waals surface area (Å²) in [7, 11) is 0. The predicted octanol–water partition coefficient (Wildman–Crippen LogP) is 6.92. The van der Waals surface area contributed by atoms with E-state index in [-0.39, 0.29) is 18.9 Å². The molecule has 2 aromatic carbocycles. The van der Waals surface area contributed by atoms with Crippen LogP contribution in [0.25, 0.3) is 10.2 Å². The Morgan fingerprint density at radius 3 is 2.73 bits per heavy atom. The van der Waals surface area contributed by atoms with Crippen LogP contribution in [-0.4, -0.2) is 47.1 Å². The highest BCUT2D eigenvalue weighted by atomic mass is 32.1. The van der Waals surface area contributed by atoms with E-state index in [1.54, 1.807) is 28.1 Å². The molecule has 2 atom stereocenters. The number of amides is 3. The molecule has 2 aromatic heterocycles. The Morgan fingerprint density at radius 2 is 1.98 bits per heavy atom. The number of pyridine rings is 1. The van der Waals surface area contributed by atoms with Crippen LogP contribution >= 0.6 is 11.3 Å². The summed E-state index contributed by atoms with van der Waals surface area (Å²) < 4.78 is 20.4. The molecule has 2 aliphatic heterocycles. The number of alkyl halides is 1. The molecule has 0 radical (unpaired) electrons. The summed E-state index contributed by atoms with van der Waals surface area (Å²) in [6.07, 6.45) is 2.29. The first-order valence-corrected chi connectivity index (χ1v) is 14.0. The van der Waals surface area contributed by atoms with Crippen molar-refractivity contribution in [1.82, 2.24) is 15.2 Å². The number of urea groups is 1. The van der Waals surface area contributed by atoms with Crippen LogP contribution in [-0.2, 0) is 0 Å². The molecule has 0 aliphatic carbocycles. The first kappa shape index (κ1) is 26.5. The average Bonchev–Trinajstić information content (AvgIpc) is 3.33. The molecule has 0 bridgehead atoms. The quantitative estimate of drug-likeness (QED) is 0.236. The number of para-hydroxylation sites is 1. The maximum absolute atomic E-state index is 14.5.